The van der Waals surface area contributed by atoms with Crippen LogP contribution in [-0.2, 0) is 14.3 Å². The van der Waals surface area contributed by atoms with Gasteiger partial charge in [0.1, 0.15) is 23.0 Å². The van der Waals surface area contributed by atoms with Crippen molar-refractivity contribution in [2.24, 2.45) is 0 Å². The summed E-state index contributed by atoms with van der Waals surface area (Å²) in [5, 5.41) is 0. The van der Waals surface area contributed by atoms with Crippen molar-refractivity contribution in [3.05, 3.63) is 48.5 Å². The predicted molar refractivity (Wildman–Crippen MR) is 85.9 cm³/mol. The van der Waals surface area contributed by atoms with E-state index in [4.69, 9.17) is 23.7 Å². The molecule has 0 radical (unpaired) electrons. The van der Waals surface area contributed by atoms with E-state index < -0.39 is 24.1 Å². The van der Waals surface area contributed by atoms with Gasteiger partial charge in [-0.05, 0) is 48.5 Å². The van der Waals surface area contributed by atoms with Crippen LogP contribution < -0.4 is 18.9 Å². The molecule has 0 bridgehead atoms. The number of methoxy groups -OCH3 is 2. The quantitative estimate of drug-likeness (QED) is 0.450. The second-order valence-corrected chi connectivity index (χ2v) is 5.17. The molecule has 3 rings (SSSR count). The van der Waals surface area contributed by atoms with Crippen LogP contribution in [-0.4, -0.2) is 38.4 Å². The molecule has 1 aliphatic rings. The lowest BCUT2D eigenvalue weighted by atomic mass is 10.3. The highest BCUT2D eigenvalue weighted by atomic mass is 16.7. The second kappa shape index (κ2) is 7.23. The summed E-state index contributed by atoms with van der Waals surface area (Å²) in [4.78, 5) is 24.0. The Labute approximate surface area is 144 Å². The molecule has 2 aromatic rings. The number of epoxide rings is 1. The molecule has 1 aliphatic heterocycles. The Morgan fingerprint density at radius 1 is 0.680 bits per heavy atom. The number of ether oxygens (including phenoxy) is 5. The van der Waals surface area contributed by atoms with Crippen LogP contribution in [0.1, 0.15) is 0 Å². The van der Waals surface area contributed by atoms with Gasteiger partial charge in [-0.3, -0.25) is 0 Å². The molecule has 7 nitrogen and oxygen atoms in total. The molecule has 0 aromatic heterocycles. The van der Waals surface area contributed by atoms with E-state index >= 15 is 0 Å². The highest BCUT2D eigenvalue weighted by Crippen LogP contribution is 2.28. The first kappa shape index (κ1) is 16.8. The van der Waals surface area contributed by atoms with Crippen molar-refractivity contribution in [3.8, 4) is 23.0 Å². The molecule has 1 saturated heterocycles. The molecule has 130 valence electrons. The summed E-state index contributed by atoms with van der Waals surface area (Å²) >= 11 is 0. The van der Waals surface area contributed by atoms with Crippen LogP contribution in [0, 0.1) is 0 Å². The number of esters is 2. The molecule has 0 N–H and O–H groups in total. The molecule has 25 heavy (non-hydrogen) atoms. The number of carbonyl (C=O) groups excluding carboxylic acids is 2. The average molecular weight is 344 g/mol. The monoisotopic (exact) mass is 344 g/mol. The van der Waals surface area contributed by atoms with Gasteiger partial charge in [-0.2, -0.15) is 0 Å². The topological polar surface area (TPSA) is 83.6 Å². The molecule has 2 unspecified atom stereocenters. The van der Waals surface area contributed by atoms with Gasteiger partial charge in [0, 0.05) is 0 Å². The van der Waals surface area contributed by atoms with Crippen molar-refractivity contribution >= 4 is 11.9 Å². The average Bonchev–Trinajstić information content (AvgIpc) is 3.44. The summed E-state index contributed by atoms with van der Waals surface area (Å²) in [5.41, 5.74) is 0. The Kier molecular flexibility index (Phi) is 4.85. The number of rotatable bonds is 6. The van der Waals surface area contributed by atoms with Crippen LogP contribution >= 0.6 is 0 Å². The molecule has 1 fully saturated rings. The maximum Gasteiger partial charge on any atom is 0.344 e. The minimum Gasteiger partial charge on any atom is -0.497 e. The minimum atomic E-state index is -0.965. The Morgan fingerprint density at radius 2 is 1.00 bits per heavy atom. The summed E-state index contributed by atoms with van der Waals surface area (Å²) in [6.45, 7) is 0. The van der Waals surface area contributed by atoms with Crippen LogP contribution in [0.5, 0.6) is 23.0 Å². The number of hydrogen-bond acceptors (Lipinski definition) is 7. The zero-order chi connectivity index (χ0) is 17.8. The highest BCUT2D eigenvalue weighted by molar-refractivity contribution is 5.91. The molecule has 0 amide bonds. The largest absolute Gasteiger partial charge is 0.497 e. The first-order chi connectivity index (χ1) is 12.1. The molecule has 2 aromatic carbocycles. The van der Waals surface area contributed by atoms with Gasteiger partial charge in [0.25, 0.3) is 0 Å². The highest BCUT2D eigenvalue weighted by Gasteiger charge is 2.53. The maximum atomic E-state index is 12.0. The summed E-state index contributed by atoms with van der Waals surface area (Å²) in [7, 11) is 3.08. The lowest BCUT2D eigenvalue weighted by Crippen LogP contribution is -2.23. The summed E-state index contributed by atoms with van der Waals surface area (Å²) in [6.07, 6.45) is -1.93. The molecule has 1 heterocycles. The van der Waals surface area contributed by atoms with E-state index in [1.54, 1.807) is 48.5 Å². The van der Waals surface area contributed by atoms with E-state index in [-0.39, 0.29) is 0 Å². The standard InChI is InChI=1S/C18H16O7/c1-21-11-3-7-13(8-4-11)23-17(19)15-16(25-15)18(20)24-14-9-5-12(22-2)6-10-14/h3-10,15-16H,1-2H3. The van der Waals surface area contributed by atoms with E-state index in [0.29, 0.717) is 23.0 Å². The normalized spacial score (nSPS) is 18.2. The summed E-state index contributed by atoms with van der Waals surface area (Å²) in [6, 6.07) is 13.0. The molecule has 0 spiro atoms. The van der Waals surface area contributed by atoms with E-state index in [2.05, 4.69) is 0 Å². The van der Waals surface area contributed by atoms with Crippen LogP contribution in [0.2, 0.25) is 0 Å². The van der Waals surface area contributed by atoms with Crippen molar-refractivity contribution in [2.75, 3.05) is 14.2 Å². The van der Waals surface area contributed by atoms with Gasteiger partial charge in [0.05, 0.1) is 14.2 Å². The van der Waals surface area contributed by atoms with Gasteiger partial charge in [-0.1, -0.05) is 0 Å². The smallest absolute Gasteiger partial charge is 0.344 e. The van der Waals surface area contributed by atoms with E-state index in [9.17, 15) is 9.59 Å². The second-order valence-electron chi connectivity index (χ2n) is 5.17. The molecule has 2 atom stereocenters. The Balaban J connectivity index is 1.51. The first-order valence-corrected chi connectivity index (χ1v) is 7.47. The minimum absolute atomic E-state index is 0.337. The van der Waals surface area contributed by atoms with Crippen molar-refractivity contribution in [2.45, 2.75) is 12.2 Å². The van der Waals surface area contributed by atoms with Crippen molar-refractivity contribution in [3.63, 3.8) is 0 Å². The van der Waals surface area contributed by atoms with Gasteiger partial charge in [-0.25, -0.2) is 9.59 Å². The third kappa shape index (κ3) is 4.07. The molecular formula is C18H16O7. The van der Waals surface area contributed by atoms with E-state index in [0.717, 1.165) is 0 Å². The van der Waals surface area contributed by atoms with Crippen LogP contribution in [0.25, 0.3) is 0 Å². The van der Waals surface area contributed by atoms with Gasteiger partial charge >= 0.3 is 11.9 Å². The molecule has 0 aliphatic carbocycles. The maximum absolute atomic E-state index is 12.0. The number of benzene rings is 2. The van der Waals surface area contributed by atoms with Gasteiger partial charge in [0.2, 0.25) is 0 Å². The fourth-order valence-electron chi connectivity index (χ4n) is 2.11. The fraction of sp³-hybridized carbons (Fsp3) is 0.222. The van der Waals surface area contributed by atoms with Crippen LogP contribution in [0.3, 0.4) is 0 Å². The predicted octanol–water partition coefficient (Wildman–Crippen LogP) is 1.98. The molecular weight excluding hydrogens is 328 g/mol. The Bertz CT molecular complexity index is 686. The van der Waals surface area contributed by atoms with Crippen molar-refractivity contribution in [1.82, 2.24) is 0 Å². The fourth-order valence-corrected chi connectivity index (χ4v) is 2.11. The van der Waals surface area contributed by atoms with Gasteiger partial charge < -0.3 is 23.7 Å². The zero-order valence-corrected chi connectivity index (χ0v) is 13.6. The third-order valence-electron chi connectivity index (χ3n) is 3.51. The molecule has 7 heteroatoms. The third-order valence-corrected chi connectivity index (χ3v) is 3.51. The van der Waals surface area contributed by atoms with Crippen molar-refractivity contribution in [1.29, 1.82) is 0 Å². The Morgan fingerprint density at radius 3 is 1.32 bits per heavy atom. The SMILES string of the molecule is COc1ccc(OC(=O)C2OC2C(=O)Oc2ccc(OC)cc2)cc1. The number of carbonyl (C=O) groups is 2. The lowest BCUT2D eigenvalue weighted by Gasteiger charge is -2.04. The van der Waals surface area contributed by atoms with E-state index in [1.165, 1.54) is 14.2 Å². The Hall–Kier alpha value is -3.06. The van der Waals surface area contributed by atoms with Crippen molar-refractivity contribution < 1.29 is 33.3 Å². The van der Waals surface area contributed by atoms with Gasteiger partial charge in [-0.15, -0.1) is 0 Å². The summed E-state index contributed by atoms with van der Waals surface area (Å²) in [5.74, 6) is 0.655. The van der Waals surface area contributed by atoms with E-state index in [1.807, 2.05) is 0 Å². The van der Waals surface area contributed by atoms with Crippen LogP contribution in [0.15, 0.2) is 48.5 Å². The molecule has 0 saturated carbocycles. The lowest BCUT2D eigenvalue weighted by molar-refractivity contribution is -0.138. The summed E-state index contributed by atoms with van der Waals surface area (Å²) < 4.78 is 25.4. The number of hydrogen-bond donors (Lipinski definition) is 0. The zero-order valence-electron chi connectivity index (χ0n) is 13.6. The van der Waals surface area contributed by atoms with Crippen LogP contribution in [0.4, 0.5) is 0 Å². The first-order valence-electron chi connectivity index (χ1n) is 7.47. The van der Waals surface area contributed by atoms with Gasteiger partial charge in [0.15, 0.2) is 12.2 Å².